The van der Waals surface area contributed by atoms with Gasteiger partial charge in [0.1, 0.15) is 0 Å². The summed E-state index contributed by atoms with van der Waals surface area (Å²) in [6.07, 6.45) is 3.20. The van der Waals surface area contributed by atoms with Gasteiger partial charge in [0, 0.05) is 23.1 Å². The van der Waals surface area contributed by atoms with Gasteiger partial charge in [0.2, 0.25) is 0 Å². The molecule has 5 heteroatoms. The third-order valence-corrected chi connectivity index (χ3v) is 4.06. The van der Waals surface area contributed by atoms with E-state index in [1.807, 2.05) is 26.0 Å². The van der Waals surface area contributed by atoms with Crippen molar-refractivity contribution in [3.63, 3.8) is 0 Å². The minimum absolute atomic E-state index is 0.0118. The lowest BCUT2D eigenvalue weighted by Gasteiger charge is -2.10. The first-order valence-corrected chi connectivity index (χ1v) is 8.63. The zero-order valence-electron chi connectivity index (χ0n) is 15.5. The molecule has 0 saturated heterocycles. The van der Waals surface area contributed by atoms with Gasteiger partial charge in [0.05, 0.1) is 17.4 Å². The minimum Gasteiger partial charge on any atom is -0.354 e. The fourth-order valence-corrected chi connectivity index (χ4v) is 2.84. The first-order valence-electron chi connectivity index (χ1n) is 8.63. The largest absolute Gasteiger partial charge is 0.354 e. The van der Waals surface area contributed by atoms with Gasteiger partial charge < -0.3 is 10.6 Å². The number of nitrogens with one attached hydrogen (secondary N) is 2. The van der Waals surface area contributed by atoms with E-state index in [1.165, 1.54) is 13.1 Å². The van der Waals surface area contributed by atoms with Gasteiger partial charge >= 0.3 is 0 Å². The Morgan fingerprint density at radius 3 is 2.07 bits per heavy atom. The Morgan fingerprint density at radius 2 is 1.44 bits per heavy atom. The lowest BCUT2D eigenvalue weighted by Crippen LogP contribution is -2.12. The summed E-state index contributed by atoms with van der Waals surface area (Å²) >= 11 is 0. The van der Waals surface area contributed by atoms with Crippen molar-refractivity contribution in [3.8, 4) is 0 Å². The van der Waals surface area contributed by atoms with Crippen LogP contribution in [0.2, 0.25) is 0 Å². The van der Waals surface area contributed by atoms with Crippen molar-refractivity contribution < 1.29 is 9.59 Å². The molecule has 1 aromatic heterocycles. The average Bonchev–Trinajstić information content (AvgIpc) is 2.61. The second-order valence-corrected chi connectivity index (χ2v) is 6.55. The Bertz CT molecular complexity index is 974. The fourth-order valence-electron chi connectivity index (χ4n) is 2.84. The number of hydrogen-bond donors (Lipinski definition) is 2. The maximum atomic E-state index is 12.5. The summed E-state index contributed by atoms with van der Waals surface area (Å²) in [5, 5.41) is 6.10. The van der Waals surface area contributed by atoms with Crippen LogP contribution in [0.3, 0.4) is 0 Å². The van der Waals surface area contributed by atoms with Gasteiger partial charge in [0.25, 0.3) is 5.91 Å². The van der Waals surface area contributed by atoms with Crippen molar-refractivity contribution in [2.24, 2.45) is 0 Å². The molecule has 0 fully saturated rings. The molecule has 0 aliphatic heterocycles. The first-order chi connectivity index (χ1) is 12.9. The number of Topliss-reactive ketones (excluding diaryl/α,β-unsaturated/α-hetero) is 1. The molecule has 0 aliphatic carbocycles. The van der Waals surface area contributed by atoms with E-state index in [1.54, 1.807) is 36.5 Å². The summed E-state index contributed by atoms with van der Waals surface area (Å²) in [4.78, 5) is 28.0. The topological polar surface area (TPSA) is 71.1 Å². The molecule has 3 rings (SSSR count). The average molecular weight is 359 g/mol. The van der Waals surface area contributed by atoms with Crippen LogP contribution >= 0.6 is 0 Å². The highest BCUT2D eigenvalue weighted by Crippen LogP contribution is 2.20. The zero-order valence-corrected chi connectivity index (χ0v) is 15.5. The van der Waals surface area contributed by atoms with Crippen LogP contribution in [0.15, 0.2) is 60.9 Å². The van der Waals surface area contributed by atoms with E-state index in [2.05, 4.69) is 21.7 Å². The molecular formula is C22H21N3O2. The predicted molar refractivity (Wildman–Crippen MR) is 108 cm³/mol. The molecule has 1 amide bonds. The van der Waals surface area contributed by atoms with Crippen LogP contribution in [0.25, 0.3) is 0 Å². The molecule has 0 spiro atoms. The van der Waals surface area contributed by atoms with Gasteiger partial charge in [-0.1, -0.05) is 6.07 Å². The van der Waals surface area contributed by atoms with Crippen LogP contribution in [-0.2, 0) is 0 Å². The van der Waals surface area contributed by atoms with Gasteiger partial charge in [-0.15, -0.1) is 0 Å². The Balaban J connectivity index is 1.74. The highest BCUT2D eigenvalue weighted by atomic mass is 16.1. The summed E-state index contributed by atoms with van der Waals surface area (Å²) in [6, 6.07) is 14.7. The standard InChI is InChI=1S/C22H21N3O2/c1-14-8-15(2)10-20(9-14)24-21-11-18(12-23-13-21)22(27)25-19-6-4-17(5-7-19)16(3)26/h4-13,24H,1-3H3,(H,25,27). The van der Waals surface area contributed by atoms with Crippen LogP contribution in [0, 0.1) is 13.8 Å². The Morgan fingerprint density at radius 1 is 0.778 bits per heavy atom. The van der Waals surface area contributed by atoms with Gasteiger partial charge in [-0.25, -0.2) is 0 Å². The molecule has 1 heterocycles. The molecule has 2 N–H and O–H groups in total. The summed E-state index contributed by atoms with van der Waals surface area (Å²) in [7, 11) is 0. The number of carbonyl (C=O) groups excluding carboxylic acids is 2. The maximum Gasteiger partial charge on any atom is 0.257 e. The molecule has 0 unspecified atom stereocenters. The van der Waals surface area contributed by atoms with Crippen molar-refractivity contribution in [2.75, 3.05) is 10.6 Å². The van der Waals surface area contributed by atoms with Gasteiger partial charge in [-0.3, -0.25) is 14.6 Å². The van der Waals surface area contributed by atoms with Crippen LogP contribution in [0.5, 0.6) is 0 Å². The molecule has 3 aromatic rings. The van der Waals surface area contributed by atoms with Gasteiger partial charge in [0.15, 0.2) is 5.78 Å². The number of hydrogen-bond acceptors (Lipinski definition) is 4. The van der Waals surface area contributed by atoms with Crippen LogP contribution in [-0.4, -0.2) is 16.7 Å². The minimum atomic E-state index is -0.262. The normalized spacial score (nSPS) is 10.3. The van der Waals surface area contributed by atoms with Crippen molar-refractivity contribution in [2.45, 2.75) is 20.8 Å². The number of anilines is 3. The third-order valence-electron chi connectivity index (χ3n) is 4.06. The Hall–Kier alpha value is -3.47. The number of ketones is 1. The van der Waals surface area contributed by atoms with Crippen LogP contribution in [0.4, 0.5) is 17.1 Å². The molecule has 5 nitrogen and oxygen atoms in total. The molecule has 0 saturated carbocycles. The van der Waals surface area contributed by atoms with E-state index < -0.39 is 0 Å². The molecule has 136 valence electrons. The highest BCUT2D eigenvalue weighted by Gasteiger charge is 2.09. The smallest absolute Gasteiger partial charge is 0.257 e. The summed E-state index contributed by atoms with van der Waals surface area (Å²) < 4.78 is 0. The number of benzene rings is 2. The monoisotopic (exact) mass is 359 g/mol. The Labute approximate surface area is 158 Å². The number of carbonyl (C=O) groups is 2. The zero-order chi connectivity index (χ0) is 19.4. The number of nitrogens with zero attached hydrogens (tertiary/aromatic N) is 1. The molecule has 0 aliphatic rings. The predicted octanol–water partition coefficient (Wildman–Crippen LogP) is 4.90. The summed E-state index contributed by atoms with van der Waals surface area (Å²) in [5.41, 5.74) is 5.68. The third kappa shape index (κ3) is 4.79. The van der Waals surface area contributed by atoms with Crippen LogP contribution < -0.4 is 10.6 Å². The van der Waals surface area contributed by atoms with E-state index in [4.69, 9.17) is 0 Å². The van der Waals surface area contributed by atoms with Crippen molar-refractivity contribution in [3.05, 3.63) is 83.2 Å². The molecular weight excluding hydrogens is 338 g/mol. The van der Waals surface area contributed by atoms with Crippen molar-refractivity contribution in [1.29, 1.82) is 0 Å². The summed E-state index contributed by atoms with van der Waals surface area (Å²) in [6.45, 7) is 5.59. The van der Waals surface area contributed by atoms with E-state index in [-0.39, 0.29) is 11.7 Å². The molecule has 2 aromatic carbocycles. The SMILES string of the molecule is CC(=O)c1ccc(NC(=O)c2cncc(Nc3cc(C)cc(C)c3)c2)cc1. The molecule has 0 radical (unpaired) electrons. The van der Waals surface area contributed by atoms with E-state index >= 15 is 0 Å². The molecule has 27 heavy (non-hydrogen) atoms. The van der Waals surface area contributed by atoms with Crippen molar-refractivity contribution >= 4 is 28.8 Å². The lowest BCUT2D eigenvalue weighted by atomic mass is 10.1. The maximum absolute atomic E-state index is 12.5. The number of aryl methyl sites for hydroxylation is 2. The second kappa shape index (κ2) is 7.83. The quantitative estimate of drug-likeness (QED) is 0.636. The first kappa shape index (κ1) is 18.3. The fraction of sp³-hybridized carbons (Fsp3) is 0.136. The Kier molecular flexibility index (Phi) is 5.31. The van der Waals surface area contributed by atoms with Crippen molar-refractivity contribution in [1.82, 2.24) is 4.98 Å². The van der Waals surface area contributed by atoms with Gasteiger partial charge in [-0.05, 0) is 74.4 Å². The number of amides is 1. The molecule has 0 bridgehead atoms. The second-order valence-electron chi connectivity index (χ2n) is 6.55. The number of rotatable bonds is 5. The van der Waals surface area contributed by atoms with Crippen LogP contribution in [0.1, 0.15) is 38.8 Å². The summed E-state index contributed by atoms with van der Waals surface area (Å²) in [5.74, 6) is -0.274. The highest BCUT2D eigenvalue weighted by molar-refractivity contribution is 6.05. The lowest BCUT2D eigenvalue weighted by molar-refractivity contribution is 0.101. The van der Waals surface area contributed by atoms with Gasteiger partial charge in [-0.2, -0.15) is 0 Å². The van der Waals surface area contributed by atoms with E-state index in [0.717, 1.165) is 22.5 Å². The van der Waals surface area contributed by atoms with E-state index in [9.17, 15) is 9.59 Å². The molecule has 0 atom stereocenters. The number of aromatic nitrogens is 1. The van der Waals surface area contributed by atoms with E-state index in [0.29, 0.717) is 16.8 Å². The number of pyridine rings is 1.